The normalized spacial score (nSPS) is 24.8. The van der Waals surface area contributed by atoms with Gasteiger partial charge in [0.2, 0.25) is 0 Å². The molecule has 2 aliphatic rings. The third kappa shape index (κ3) is 2.31. The summed E-state index contributed by atoms with van der Waals surface area (Å²) in [5, 5.41) is 0. The summed E-state index contributed by atoms with van der Waals surface area (Å²) in [6.45, 7) is 4.00. The van der Waals surface area contributed by atoms with Crippen molar-refractivity contribution in [2.45, 2.75) is 38.5 Å². The first-order chi connectivity index (χ1) is 8.33. The molecule has 3 heteroatoms. The zero-order valence-corrected chi connectivity index (χ0v) is 10.2. The maximum absolute atomic E-state index is 6.01. The summed E-state index contributed by atoms with van der Waals surface area (Å²) in [7, 11) is 0. The van der Waals surface area contributed by atoms with Crippen molar-refractivity contribution in [3.63, 3.8) is 0 Å². The Hall–Kier alpha value is -1.06. The molecule has 17 heavy (non-hydrogen) atoms. The molecule has 0 aliphatic carbocycles. The molecule has 1 atom stereocenters. The molecule has 0 aromatic heterocycles. The van der Waals surface area contributed by atoms with Crippen LogP contribution in [-0.4, -0.2) is 24.2 Å². The number of fused-ring (bicyclic) bond motifs is 1. The fraction of sp³-hybridized carbons (Fsp3) is 0.571. The van der Waals surface area contributed by atoms with Crippen LogP contribution in [0, 0.1) is 0 Å². The van der Waals surface area contributed by atoms with Crippen LogP contribution in [0.2, 0.25) is 0 Å². The number of nitrogens with zero attached hydrogens (tertiary/aromatic N) is 1. The Labute approximate surface area is 103 Å². The maximum atomic E-state index is 6.01. The van der Waals surface area contributed by atoms with Crippen molar-refractivity contribution in [2.24, 2.45) is 0 Å². The van der Waals surface area contributed by atoms with Gasteiger partial charge in [-0.05, 0) is 36.5 Å². The van der Waals surface area contributed by atoms with Crippen LogP contribution < -0.4 is 5.73 Å². The quantitative estimate of drug-likeness (QED) is 0.794. The van der Waals surface area contributed by atoms with Crippen molar-refractivity contribution in [3.8, 4) is 0 Å². The van der Waals surface area contributed by atoms with Gasteiger partial charge in [0, 0.05) is 31.9 Å². The lowest BCUT2D eigenvalue weighted by atomic mass is 10.1. The van der Waals surface area contributed by atoms with Crippen LogP contribution in [0.1, 0.15) is 30.4 Å². The minimum absolute atomic E-state index is 0.430. The summed E-state index contributed by atoms with van der Waals surface area (Å²) in [6.07, 6.45) is 4.18. The number of nitrogens with two attached hydrogens (primary N) is 1. The summed E-state index contributed by atoms with van der Waals surface area (Å²) in [4.78, 5) is 2.46. The summed E-state index contributed by atoms with van der Waals surface area (Å²) < 4.78 is 5.80. The van der Waals surface area contributed by atoms with E-state index in [9.17, 15) is 0 Å². The number of ether oxygens (including phenoxy) is 1. The predicted octanol–water partition coefficient (Wildman–Crippen LogP) is 2.15. The minimum atomic E-state index is 0.430. The van der Waals surface area contributed by atoms with Crippen molar-refractivity contribution in [2.75, 3.05) is 18.9 Å². The van der Waals surface area contributed by atoms with Crippen LogP contribution in [0.15, 0.2) is 18.2 Å². The van der Waals surface area contributed by atoms with Crippen molar-refractivity contribution in [1.82, 2.24) is 4.90 Å². The highest BCUT2D eigenvalue weighted by atomic mass is 16.5. The van der Waals surface area contributed by atoms with Gasteiger partial charge in [-0.3, -0.25) is 4.90 Å². The van der Waals surface area contributed by atoms with E-state index in [0.717, 1.165) is 31.9 Å². The molecule has 2 aliphatic heterocycles. The van der Waals surface area contributed by atoms with Gasteiger partial charge in [-0.1, -0.05) is 12.1 Å². The Balaban J connectivity index is 1.63. The Kier molecular flexibility index (Phi) is 3.04. The Morgan fingerprint density at radius 3 is 3.00 bits per heavy atom. The standard InChI is InChI=1S/C14H20N2O/c15-14-6-3-4-11-8-16(10-13(11)14)9-12-5-1-2-7-17-12/h3-4,6,12H,1-2,5,7-10,15H2. The van der Waals surface area contributed by atoms with Gasteiger partial charge in [0.1, 0.15) is 0 Å². The van der Waals surface area contributed by atoms with Gasteiger partial charge >= 0.3 is 0 Å². The van der Waals surface area contributed by atoms with E-state index >= 15 is 0 Å². The largest absolute Gasteiger partial charge is 0.398 e. The summed E-state index contributed by atoms with van der Waals surface area (Å²) >= 11 is 0. The highest BCUT2D eigenvalue weighted by Gasteiger charge is 2.24. The predicted molar refractivity (Wildman–Crippen MR) is 68.6 cm³/mol. The number of nitrogen functional groups attached to an aromatic ring is 1. The van der Waals surface area contributed by atoms with Crippen LogP contribution >= 0.6 is 0 Å². The molecule has 1 saturated heterocycles. The monoisotopic (exact) mass is 232 g/mol. The molecule has 1 aromatic carbocycles. The van der Waals surface area contributed by atoms with Crippen LogP contribution in [0.25, 0.3) is 0 Å². The van der Waals surface area contributed by atoms with Crippen LogP contribution in [-0.2, 0) is 17.8 Å². The van der Waals surface area contributed by atoms with Crippen molar-refractivity contribution in [3.05, 3.63) is 29.3 Å². The minimum Gasteiger partial charge on any atom is -0.398 e. The molecular weight excluding hydrogens is 212 g/mol. The fourth-order valence-corrected chi connectivity index (χ4v) is 2.88. The zero-order chi connectivity index (χ0) is 11.7. The zero-order valence-electron chi connectivity index (χ0n) is 10.2. The molecule has 0 saturated carbocycles. The van der Waals surface area contributed by atoms with Crippen molar-refractivity contribution >= 4 is 5.69 Å². The number of rotatable bonds is 2. The van der Waals surface area contributed by atoms with E-state index in [0.29, 0.717) is 6.10 Å². The van der Waals surface area contributed by atoms with Crippen molar-refractivity contribution in [1.29, 1.82) is 0 Å². The van der Waals surface area contributed by atoms with Gasteiger partial charge in [-0.15, -0.1) is 0 Å². The van der Waals surface area contributed by atoms with E-state index in [1.165, 1.54) is 30.4 Å². The highest BCUT2D eigenvalue weighted by molar-refractivity contribution is 5.52. The third-order valence-corrected chi connectivity index (χ3v) is 3.82. The number of hydrogen-bond donors (Lipinski definition) is 1. The SMILES string of the molecule is Nc1cccc2c1CN(CC1CCCCO1)C2. The second-order valence-corrected chi connectivity index (χ2v) is 5.14. The molecule has 3 rings (SSSR count). The van der Waals surface area contributed by atoms with Gasteiger partial charge in [-0.25, -0.2) is 0 Å². The Morgan fingerprint density at radius 1 is 1.29 bits per heavy atom. The molecule has 0 bridgehead atoms. The lowest BCUT2D eigenvalue weighted by molar-refractivity contribution is -0.00646. The molecule has 0 radical (unpaired) electrons. The summed E-state index contributed by atoms with van der Waals surface area (Å²) in [5.74, 6) is 0. The third-order valence-electron chi connectivity index (χ3n) is 3.82. The Morgan fingerprint density at radius 2 is 2.24 bits per heavy atom. The smallest absolute Gasteiger partial charge is 0.0702 e. The maximum Gasteiger partial charge on any atom is 0.0702 e. The van der Waals surface area contributed by atoms with Crippen LogP contribution in [0.3, 0.4) is 0 Å². The first kappa shape index (κ1) is 11.1. The number of hydrogen-bond acceptors (Lipinski definition) is 3. The Bertz CT molecular complexity index is 399. The second kappa shape index (κ2) is 4.67. The van der Waals surface area contributed by atoms with Crippen molar-refractivity contribution < 1.29 is 4.74 Å². The first-order valence-corrected chi connectivity index (χ1v) is 6.53. The van der Waals surface area contributed by atoms with Gasteiger partial charge < -0.3 is 10.5 Å². The highest BCUT2D eigenvalue weighted by Crippen LogP contribution is 2.28. The molecule has 2 N–H and O–H groups in total. The van der Waals surface area contributed by atoms with E-state index in [-0.39, 0.29) is 0 Å². The second-order valence-electron chi connectivity index (χ2n) is 5.14. The average Bonchev–Trinajstić information content (AvgIpc) is 2.74. The van der Waals surface area contributed by atoms with E-state index < -0.39 is 0 Å². The fourth-order valence-electron chi connectivity index (χ4n) is 2.88. The van der Waals surface area contributed by atoms with Gasteiger partial charge in [0.05, 0.1) is 6.10 Å². The van der Waals surface area contributed by atoms with E-state index in [1.807, 2.05) is 6.07 Å². The molecule has 1 unspecified atom stereocenters. The van der Waals surface area contributed by atoms with E-state index in [2.05, 4.69) is 17.0 Å². The number of anilines is 1. The lowest BCUT2D eigenvalue weighted by Gasteiger charge is -2.27. The molecule has 0 spiro atoms. The summed E-state index contributed by atoms with van der Waals surface area (Å²) in [5.41, 5.74) is 9.66. The van der Waals surface area contributed by atoms with Crippen LogP contribution in [0.4, 0.5) is 5.69 Å². The van der Waals surface area contributed by atoms with Crippen LogP contribution in [0.5, 0.6) is 0 Å². The molecule has 1 fully saturated rings. The van der Waals surface area contributed by atoms with Gasteiger partial charge in [-0.2, -0.15) is 0 Å². The molecule has 3 nitrogen and oxygen atoms in total. The number of benzene rings is 1. The molecule has 2 heterocycles. The average molecular weight is 232 g/mol. The summed E-state index contributed by atoms with van der Waals surface area (Å²) in [6, 6.07) is 6.24. The molecule has 92 valence electrons. The molecule has 0 amide bonds. The van der Waals surface area contributed by atoms with Gasteiger partial charge in [0.15, 0.2) is 0 Å². The lowest BCUT2D eigenvalue weighted by Crippen LogP contribution is -2.32. The van der Waals surface area contributed by atoms with Gasteiger partial charge in [0.25, 0.3) is 0 Å². The van der Waals surface area contributed by atoms with E-state index in [1.54, 1.807) is 0 Å². The topological polar surface area (TPSA) is 38.5 Å². The first-order valence-electron chi connectivity index (χ1n) is 6.53. The molecular formula is C14H20N2O. The van der Waals surface area contributed by atoms with E-state index in [4.69, 9.17) is 10.5 Å². The molecule has 1 aromatic rings.